The molecule has 0 aromatic carbocycles. The van der Waals surface area contributed by atoms with Gasteiger partial charge in [0.1, 0.15) is 6.61 Å². The molecule has 68 valence electrons. The summed E-state index contributed by atoms with van der Waals surface area (Å²) in [5.41, 5.74) is 0. The molecule has 7 heteroatoms. The Balaban J connectivity index is 0. The van der Waals surface area contributed by atoms with E-state index < -0.39 is 7.82 Å². The van der Waals surface area contributed by atoms with Gasteiger partial charge >= 0.3 is 7.82 Å². The van der Waals surface area contributed by atoms with Gasteiger partial charge in [0.05, 0.1) is 0 Å². The van der Waals surface area contributed by atoms with Gasteiger partial charge in [-0.25, -0.2) is 4.57 Å². The van der Waals surface area contributed by atoms with E-state index in [1.165, 1.54) is 0 Å². The van der Waals surface area contributed by atoms with E-state index in [0.717, 1.165) is 0 Å². The highest BCUT2D eigenvalue weighted by Gasteiger charge is 2.00. The fourth-order valence-electron chi connectivity index (χ4n) is 0.112. The van der Waals surface area contributed by atoms with Crippen LogP contribution in [-0.4, -0.2) is 32.2 Å². The van der Waals surface area contributed by atoms with Crippen molar-refractivity contribution in [1.82, 2.24) is 0 Å². The molecule has 0 spiro atoms. The van der Waals surface area contributed by atoms with E-state index in [1.807, 2.05) is 0 Å². The monoisotopic (exact) mass is 186 g/mol. The summed E-state index contributed by atoms with van der Waals surface area (Å²) in [6.45, 7) is 1.41. The number of Topliss-reactive ketones (excluding diaryl/α,β-unsaturated/α-hetero) is 1. The third-order valence-electron chi connectivity index (χ3n) is 0.571. The van der Waals surface area contributed by atoms with Crippen LogP contribution < -0.4 is 0 Å². The van der Waals surface area contributed by atoms with Crippen molar-refractivity contribution < 1.29 is 29.1 Å². The van der Waals surface area contributed by atoms with Gasteiger partial charge in [0.2, 0.25) is 0 Å². The molecule has 0 amide bonds. The standard InChI is InChI=1S/C4H8O2.H3O4P/c1-2-4(6)3-5;1-5(2,3)4/h5H,2-3H2,1H3;(H3,1,2,3,4). The van der Waals surface area contributed by atoms with E-state index in [9.17, 15) is 4.79 Å². The van der Waals surface area contributed by atoms with Gasteiger partial charge in [-0.3, -0.25) is 4.79 Å². The molecule has 11 heavy (non-hydrogen) atoms. The van der Waals surface area contributed by atoms with Crippen molar-refractivity contribution in [2.45, 2.75) is 13.3 Å². The first kappa shape index (κ1) is 13.3. The molecule has 0 fully saturated rings. The second-order valence-corrected chi connectivity index (χ2v) is 2.59. The average Bonchev–Trinajstić information content (AvgIpc) is 1.83. The molecule has 0 aliphatic carbocycles. The van der Waals surface area contributed by atoms with Gasteiger partial charge in [-0.05, 0) is 0 Å². The van der Waals surface area contributed by atoms with E-state index >= 15 is 0 Å². The highest BCUT2D eigenvalue weighted by molar-refractivity contribution is 7.45. The Hall–Kier alpha value is -0.260. The molecule has 0 atom stereocenters. The Morgan fingerprint density at radius 1 is 1.36 bits per heavy atom. The van der Waals surface area contributed by atoms with E-state index in [4.69, 9.17) is 24.4 Å². The Kier molecular flexibility index (Phi) is 7.82. The van der Waals surface area contributed by atoms with Gasteiger partial charge in [0, 0.05) is 6.42 Å². The van der Waals surface area contributed by atoms with Crippen molar-refractivity contribution in [3.63, 3.8) is 0 Å². The number of phosphoric acid groups is 1. The maximum absolute atomic E-state index is 9.93. The van der Waals surface area contributed by atoms with Crippen LogP contribution in [0, 0.1) is 0 Å². The molecule has 0 aliphatic heterocycles. The highest BCUT2D eigenvalue weighted by Crippen LogP contribution is 2.25. The molecule has 0 aromatic rings. The minimum Gasteiger partial charge on any atom is -0.389 e. The predicted octanol–water partition coefficient (Wildman–Crippen LogP) is -0.971. The zero-order valence-corrected chi connectivity index (χ0v) is 6.86. The lowest BCUT2D eigenvalue weighted by Crippen LogP contribution is -1.99. The quantitative estimate of drug-likeness (QED) is 0.412. The Labute approximate surface area is 63.7 Å². The van der Waals surface area contributed by atoms with Crippen LogP contribution in [0.15, 0.2) is 0 Å². The Morgan fingerprint density at radius 2 is 1.64 bits per heavy atom. The summed E-state index contributed by atoms with van der Waals surface area (Å²) in [6, 6.07) is 0. The number of aliphatic hydroxyl groups is 1. The van der Waals surface area contributed by atoms with Gasteiger partial charge in [-0.2, -0.15) is 0 Å². The van der Waals surface area contributed by atoms with Gasteiger partial charge in [-0.1, -0.05) is 6.92 Å². The summed E-state index contributed by atoms with van der Waals surface area (Å²) in [7, 11) is -4.64. The lowest BCUT2D eigenvalue weighted by molar-refractivity contribution is -0.121. The third-order valence-corrected chi connectivity index (χ3v) is 0.571. The van der Waals surface area contributed by atoms with Crippen LogP contribution in [0.2, 0.25) is 0 Å². The van der Waals surface area contributed by atoms with Crippen molar-refractivity contribution in [3.05, 3.63) is 0 Å². The van der Waals surface area contributed by atoms with E-state index in [2.05, 4.69) is 0 Å². The SMILES string of the molecule is CCC(=O)CO.O=P(O)(O)O. The Bertz CT molecular complexity index is 134. The van der Waals surface area contributed by atoms with Crippen molar-refractivity contribution in [1.29, 1.82) is 0 Å². The summed E-state index contributed by atoms with van der Waals surface area (Å²) in [4.78, 5) is 31.5. The van der Waals surface area contributed by atoms with Crippen molar-refractivity contribution in [2.24, 2.45) is 0 Å². The van der Waals surface area contributed by atoms with E-state index in [1.54, 1.807) is 6.92 Å². The number of carbonyl (C=O) groups is 1. The fourth-order valence-corrected chi connectivity index (χ4v) is 0.112. The molecule has 6 nitrogen and oxygen atoms in total. The van der Waals surface area contributed by atoms with Crippen LogP contribution in [0.4, 0.5) is 0 Å². The normalized spacial score (nSPS) is 9.91. The summed E-state index contributed by atoms with van der Waals surface area (Å²) >= 11 is 0. The van der Waals surface area contributed by atoms with Crippen molar-refractivity contribution >= 4 is 13.6 Å². The maximum Gasteiger partial charge on any atom is 0.466 e. The maximum atomic E-state index is 9.93. The fraction of sp³-hybridized carbons (Fsp3) is 0.750. The first-order valence-electron chi connectivity index (χ1n) is 2.72. The number of aliphatic hydroxyl groups excluding tert-OH is 1. The smallest absolute Gasteiger partial charge is 0.389 e. The van der Waals surface area contributed by atoms with Crippen LogP contribution >= 0.6 is 7.82 Å². The van der Waals surface area contributed by atoms with Crippen molar-refractivity contribution in [3.8, 4) is 0 Å². The van der Waals surface area contributed by atoms with E-state index in [-0.39, 0.29) is 12.4 Å². The molecule has 0 bridgehead atoms. The minimum atomic E-state index is -4.64. The lowest BCUT2D eigenvalue weighted by Gasteiger charge is -1.82. The molecule has 0 aromatic heterocycles. The molecular formula is C4H11O6P. The molecule has 0 aliphatic rings. The van der Waals surface area contributed by atoms with Gasteiger partial charge in [0.15, 0.2) is 5.78 Å². The summed E-state index contributed by atoms with van der Waals surface area (Å²) in [5.74, 6) is -0.102. The second-order valence-electron chi connectivity index (χ2n) is 1.56. The minimum absolute atomic E-state index is 0.102. The molecule has 0 unspecified atom stereocenters. The van der Waals surface area contributed by atoms with Crippen LogP contribution in [0.25, 0.3) is 0 Å². The number of rotatable bonds is 2. The zero-order valence-electron chi connectivity index (χ0n) is 5.97. The molecule has 0 rings (SSSR count). The molecule has 0 radical (unpaired) electrons. The first-order valence-corrected chi connectivity index (χ1v) is 4.28. The van der Waals surface area contributed by atoms with Crippen LogP contribution in [0.5, 0.6) is 0 Å². The number of carbonyl (C=O) groups excluding carboxylic acids is 1. The molecule has 0 saturated carbocycles. The van der Waals surface area contributed by atoms with E-state index in [0.29, 0.717) is 6.42 Å². The van der Waals surface area contributed by atoms with Gasteiger partial charge in [-0.15, -0.1) is 0 Å². The number of hydrogen-bond donors (Lipinski definition) is 4. The van der Waals surface area contributed by atoms with Crippen molar-refractivity contribution in [2.75, 3.05) is 6.61 Å². The second kappa shape index (κ2) is 6.45. The Morgan fingerprint density at radius 3 is 1.64 bits per heavy atom. The molecule has 4 N–H and O–H groups in total. The number of ketones is 1. The predicted molar refractivity (Wildman–Crippen MR) is 36.6 cm³/mol. The van der Waals surface area contributed by atoms with Gasteiger partial charge in [0.25, 0.3) is 0 Å². The summed E-state index contributed by atoms with van der Waals surface area (Å²) in [6.07, 6.45) is 0.441. The zero-order chi connectivity index (χ0) is 9.49. The molecule has 0 heterocycles. The first-order chi connectivity index (χ1) is 4.81. The van der Waals surface area contributed by atoms with Crippen LogP contribution in [0.1, 0.15) is 13.3 Å². The summed E-state index contributed by atoms with van der Waals surface area (Å²) in [5, 5.41) is 7.99. The van der Waals surface area contributed by atoms with Crippen LogP contribution in [-0.2, 0) is 9.36 Å². The molecule has 0 saturated heterocycles. The highest BCUT2D eigenvalue weighted by atomic mass is 31.2. The lowest BCUT2D eigenvalue weighted by atomic mass is 10.3. The average molecular weight is 186 g/mol. The summed E-state index contributed by atoms with van der Waals surface area (Å²) < 4.78 is 8.88. The number of hydrogen-bond acceptors (Lipinski definition) is 3. The topological polar surface area (TPSA) is 115 Å². The van der Waals surface area contributed by atoms with Gasteiger partial charge < -0.3 is 19.8 Å². The molecular weight excluding hydrogens is 175 g/mol. The third kappa shape index (κ3) is 41.7. The largest absolute Gasteiger partial charge is 0.466 e. The van der Waals surface area contributed by atoms with Crippen LogP contribution in [0.3, 0.4) is 0 Å².